The molecular formula is C15H23NOS. The summed E-state index contributed by atoms with van der Waals surface area (Å²) in [6.07, 6.45) is 3.09. The summed E-state index contributed by atoms with van der Waals surface area (Å²) in [6, 6.07) is 10.1. The minimum atomic E-state index is -1.18. The van der Waals surface area contributed by atoms with Crippen LogP contribution >= 0.6 is 0 Å². The Morgan fingerprint density at radius 1 is 1.22 bits per heavy atom. The largest absolute Gasteiger partial charge is 0.234 e. The second-order valence-electron chi connectivity index (χ2n) is 5.37. The molecule has 0 unspecified atom stereocenters. The molecule has 3 heteroatoms. The summed E-state index contributed by atoms with van der Waals surface area (Å²) in [7, 11) is -1.18. The predicted molar refractivity (Wildman–Crippen MR) is 80.4 cm³/mol. The normalized spacial score (nSPS) is 14.6. The first-order valence-corrected chi connectivity index (χ1v) is 7.61. The highest BCUT2D eigenvalue weighted by molar-refractivity contribution is 7.85. The van der Waals surface area contributed by atoms with Gasteiger partial charge in [-0.25, -0.2) is 4.21 Å². The molecule has 0 aliphatic carbocycles. The van der Waals surface area contributed by atoms with Crippen LogP contribution < -0.4 is 0 Å². The first-order valence-electron chi connectivity index (χ1n) is 6.50. The summed E-state index contributed by atoms with van der Waals surface area (Å²) in [5.41, 5.74) is 2.05. The molecular weight excluding hydrogens is 242 g/mol. The SMILES string of the molecule is CCCC/C(=N\[S@](=O)C(C)(C)C)c1ccccc1. The molecule has 0 spiro atoms. The fourth-order valence-corrected chi connectivity index (χ4v) is 2.13. The second-order valence-corrected chi connectivity index (χ2v) is 7.27. The molecule has 18 heavy (non-hydrogen) atoms. The molecule has 0 saturated carbocycles. The van der Waals surface area contributed by atoms with Gasteiger partial charge in [-0.05, 0) is 39.2 Å². The van der Waals surface area contributed by atoms with E-state index in [0.29, 0.717) is 0 Å². The van der Waals surface area contributed by atoms with Crippen LogP contribution in [-0.4, -0.2) is 14.7 Å². The lowest BCUT2D eigenvalue weighted by molar-refractivity contribution is 0.650. The molecule has 2 nitrogen and oxygen atoms in total. The zero-order chi connectivity index (χ0) is 13.6. The lowest BCUT2D eigenvalue weighted by Gasteiger charge is -2.15. The minimum Gasteiger partial charge on any atom is -0.234 e. The van der Waals surface area contributed by atoms with Crippen LogP contribution in [0.15, 0.2) is 34.7 Å². The standard InChI is InChI=1S/C15H23NOS/c1-5-6-12-14(13-10-8-7-9-11-13)16-18(17)15(2,3)4/h7-11H,5-6,12H2,1-4H3/b16-14+/t18-/m1/s1. The van der Waals surface area contributed by atoms with E-state index in [1.165, 1.54) is 0 Å². The van der Waals surface area contributed by atoms with E-state index in [1.807, 2.05) is 51.1 Å². The fraction of sp³-hybridized carbons (Fsp3) is 0.533. The molecule has 0 heterocycles. The Morgan fingerprint density at radius 3 is 2.33 bits per heavy atom. The van der Waals surface area contributed by atoms with Crippen LogP contribution in [0.4, 0.5) is 0 Å². The maximum Gasteiger partial charge on any atom is 0.145 e. The molecule has 0 N–H and O–H groups in total. The van der Waals surface area contributed by atoms with E-state index in [2.05, 4.69) is 11.3 Å². The molecule has 1 aromatic carbocycles. The Morgan fingerprint density at radius 2 is 1.83 bits per heavy atom. The number of hydrogen-bond donors (Lipinski definition) is 0. The van der Waals surface area contributed by atoms with Crippen molar-refractivity contribution in [2.24, 2.45) is 4.40 Å². The molecule has 0 saturated heterocycles. The number of unbranched alkanes of at least 4 members (excludes halogenated alkanes) is 1. The van der Waals surface area contributed by atoms with Gasteiger partial charge in [-0.15, -0.1) is 0 Å². The van der Waals surface area contributed by atoms with Gasteiger partial charge in [0.25, 0.3) is 0 Å². The van der Waals surface area contributed by atoms with E-state index >= 15 is 0 Å². The highest BCUT2D eigenvalue weighted by Gasteiger charge is 2.19. The van der Waals surface area contributed by atoms with Crippen LogP contribution in [0.25, 0.3) is 0 Å². The maximum absolute atomic E-state index is 12.1. The van der Waals surface area contributed by atoms with Crippen LogP contribution in [0.1, 0.15) is 52.5 Å². The predicted octanol–water partition coefficient (Wildman–Crippen LogP) is 4.13. The first-order chi connectivity index (χ1) is 8.45. The van der Waals surface area contributed by atoms with Gasteiger partial charge in [0.1, 0.15) is 11.0 Å². The fourth-order valence-electron chi connectivity index (χ4n) is 1.45. The molecule has 0 radical (unpaired) electrons. The van der Waals surface area contributed by atoms with E-state index in [0.717, 1.165) is 30.5 Å². The lowest BCUT2D eigenvalue weighted by Crippen LogP contribution is -2.21. The molecule has 0 aliphatic rings. The Hall–Kier alpha value is -0.960. The van der Waals surface area contributed by atoms with Crippen molar-refractivity contribution in [3.05, 3.63) is 35.9 Å². The maximum atomic E-state index is 12.1. The minimum absolute atomic E-state index is 0.299. The van der Waals surface area contributed by atoms with Crippen molar-refractivity contribution >= 4 is 16.7 Å². The summed E-state index contributed by atoms with van der Waals surface area (Å²) in [6.45, 7) is 8.02. The topological polar surface area (TPSA) is 29.4 Å². The highest BCUT2D eigenvalue weighted by Crippen LogP contribution is 2.16. The zero-order valence-electron chi connectivity index (χ0n) is 11.8. The molecule has 1 atom stereocenters. The van der Waals surface area contributed by atoms with Gasteiger partial charge in [0.05, 0.1) is 10.5 Å². The average Bonchev–Trinajstić information content (AvgIpc) is 2.34. The first kappa shape index (κ1) is 15.1. The van der Waals surface area contributed by atoms with Gasteiger partial charge in [-0.3, -0.25) is 0 Å². The number of benzene rings is 1. The van der Waals surface area contributed by atoms with Crippen molar-refractivity contribution in [3.8, 4) is 0 Å². The molecule has 0 fully saturated rings. The monoisotopic (exact) mass is 265 g/mol. The Kier molecular flexibility index (Phi) is 5.73. The zero-order valence-corrected chi connectivity index (χ0v) is 12.6. The molecule has 0 aromatic heterocycles. The van der Waals surface area contributed by atoms with E-state index in [9.17, 15) is 4.21 Å². The molecule has 0 aliphatic heterocycles. The Labute approximate surface area is 113 Å². The summed E-state index contributed by atoms with van der Waals surface area (Å²) in [4.78, 5) is 0. The van der Waals surface area contributed by atoms with Crippen LogP contribution in [0.2, 0.25) is 0 Å². The average molecular weight is 265 g/mol. The van der Waals surface area contributed by atoms with Gasteiger partial charge in [0.15, 0.2) is 0 Å². The molecule has 0 bridgehead atoms. The smallest absolute Gasteiger partial charge is 0.145 e. The summed E-state index contributed by atoms with van der Waals surface area (Å²) < 4.78 is 16.3. The highest BCUT2D eigenvalue weighted by atomic mass is 32.2. The van der Waals surface area contributed by atoms with Crippen LogP contribution in [-0.2, 0) is 11.0 Å². The molecule has 0 amide bonds. The van der Waals surface area contributed by atoms with E-state index in [1.54, 1.807) is 0 Å². The third kappa shape index (κ3) is 4.73. The van der Waals surface area contributed by atoms with Gasteiger partial charge in [-0.2, -0.15) is 4.40 Å². The molecule has 1 rings (SSSR count). The number of nitrogens with zero attached hydrogens (tertiary/aromatic N) is 1. The van der Waals surface area contributed by atoms with Crippen molar-refractivity contribution in [1.29, 1.82) is 0 Å². The second kappa shape index (κ2) is 6.83. The lowest BCUT2D eigenvalue weighted by atomic mass is 10.1. The van der Waals surface area contributed by atoms with Gasteiger partial charge in [0.2, 0.25) is 0 Å². The molecule has 1 aromatic rings. The third-order valence-electron chi connectivity index (χ3n) is 2.59. The van der Waals surface area contributed by atoms with E-state index in [-0.39, 0.29) is 4.75 Å². The van der Waals surface area contributed by atoms with Crippen molar-refractivity contribution in [2.75, 3.05) is 0 Å². The quantitative estimate of drug-likeness (QED) is 0.736. The summed E-state index contributed by atoms with van der Waals surface area (Å²) in [5.74, 6) is 0. The number of rotatable bonds is 5. The van der Waals surface area contributed by atoms with Crippen molar-refractivity contribution in [2.45, 2.75) is 51.7 Å². The van der Waals surface area contributed by atoms with Crippen molar-refractivity contribution < 1.29 is 4.21 Å². The van der Waals surface area contributed by atoms with Crippen LogP contribution in [0.5, 0.6) is 0 Å². The van der Waals surface area contributed by atoms with Gasteiger partial charge < -0.3 is 0 Å². The van der Waals surface area contributed by atoms with E-state index < -0.39 is 11.0 Å². The van der Waals surface area contributed by atoms with Crippen LogP contribution in [0, 0.1) is 0 Å². The third-order valence-corrected chi connectivity index (χ3v) is 4.03. The molecule has 100 valence electrons. The van der Waals surface area contributed by atoms with Crippen molar-refractivity contribution in [3.63, 3.8) is 0 Å². The Balaban J connectivity index is 2.99. The van der Waals surface area contributed by atoms with Crippen molar-refractivity contribution in [1.82, 2.24) is 0 Å². The number of hydrogen-bond acceptors (Lipinski definition) is 1. The Bertz CT molecular complexity index is 418. The summed E-state index contributed by atoms with van der Waals surface area (Å²) >= 11 is 0. The van der Waals surface area contributed by atoms with Gasteiger partial charge in [-0.1, -0.05) is 43.7 Å². The van der Waals surface area contributed by atoms with E-state index in [4.69, 9.17) is 0 Å². The van der Waals surface area contributed by atoms with Gasteiger partial charge in [0, 0.05) is 0 Å². The van der Waals surface area contributed by atoms with Crippen LogP contribution in [0.3, 0.4) is 0 Å². The summed E-state index contributed by atoms with van der Waals surface area (Å²) in [5, 5.41) is 0. The van der Waals surface area contributed by atoms with Gasteiger partial charge >= 0.3 is 0 Å².